The number of alkyl halides is 12. The molecule has 0 amide bonds. The third kappa shape index (κ3) is 4.74. The summed E-state index contributed by atoms with van der Waals surface area (Å²) in [5.41, 5.74) is -6.60. The zero-order valence-electron chi connectivity index (χ0n) is 15.6. The van der Waals surface area contributed by atoms with E-state index >= 15 is 0 Å². The van der Waals surface area contributed by atoms with E-state index in [0.717, 1.165) is 0 Å². The summed E-state index contributed by atoms with van der Waals surface area (Å²) >= 11 is -4.39. The summed E-state index contributed by atoms with van der Waals surface area (Å²) in [6.45, 7) is 0. The van der Waals surface area contributed by atoms with Gasteiger partial charge in [0.2, 0.25) is 0 Å². The van der Waals surface area contributed by atoms with Gasteiger partial charge >= 0.3 is 175 Å². The number of hydrogen-bond donors (Lipinski definition) is 0. The number of benzene rings is 2. The summed E-state index contributed by atoms with van der Waals surface area (Å²) in [5.74, 6) is 0. The maximum atomic E-state index is 13.2. The van der Waals surface area contributed by atoms with Crippen LogP contribution in [-0.4, -0.2) is 13.3 Å². The van der Waals surface area contributed by atoms with E-state index in [4.69, 9.17) is 0 Å². The van der Waals surface area contributed by atoms with Gasteiger partial charge in [0, 0.05) is 0 Å². The second-order valence-electron chi connectivity index (χ2n) is 7.52. The van der Waals surface area contributed by atoms with Gasteiger partial charge in [-0.25, -0.2) is 0 Å². The molecule has 13 heteroatoms. The van der Waals surface area contributed by atoms with Gasteiger partial charge in [0.25, 0.3) is 0 Å². The Morgan fingerprint density at radius 3 is 0.844 bits per heavy atom. The normalized spacial score (nSPS) is 17.2. The molecule has 0 nitrogen and oxygen atoms in total. The van der Waals surface area contributed by atoms with E-state index in [1.807, 2.05) is 0 Å². The van der Waals surface area contributed by atoms with Gasteiger partial charge in [-0.1, -0.05) is 0 Å². The van der Waals surface area contributed by atoms with Gasteiger partial charge in [-0.15, -0.1) is 0 Å². The Kier molecular flexibility index (Phi) is 5.88. The van der Waals surface area contributed by atoms with Gasteiger partial charge in [0.15, 0.2) is 0 Å². The molecule has 0 aromatic heterocycles. The Balaban J connectivity index is 2.30. The number of hydrogen-bond acceptors (Lipinski definition) is 0. The van der Waals surface area contributed by atoms with Crippen LogP contribution in [0.1, 0.15) is 28.7 Å². The Bertz CT molecular complexity index is 865. The third-order valence-electron chi connectivity index (χ3n) is 5.49. The molecule has 176 valence electrons. The molecule has 1 saturated heterocycles. The molecule has 0 aliphatic carbocycles. The summed E-state index contributed by atoms with van der Waals surface area (Å²) in [5, 5.41) is -0.0611. The Morgan fingerprint density at radius 2 is 0.688 bits per heavy atom. The molecule has 1 aliphatic rings. The summed E-state index contributed by atoms with van der Waals surface area (Å²) in [6.07, 6.45) is -20.5. The molecule has 0 saturated carbocycles. The molecule has 2 aromatic carbocycles. The Hall–Kier alpha value is -1.86. The van der Waals surface area contributed by atoms with Crippen LogP contribution in [0.15, 0.2) is 36.4 Å². The topological polar surface area (TPSA) is 0 Å². The fraction of sp³-hybridized carbons (Fsp3) is 0.368. The molecule has 2 aromatic rings. The van der Waals surface area contributed by atoms with Gasteiger partial charge in [-0.2, -0.15) is 0 Å². The summed E-state index contributed by atoms with van der Waals surface area (Å²) < 4.78 is 158. The number of halogens is 12. The van der Waals surface area contributed by atoms with Crippen molar-refractivity contribution in [3.05, 3.63) is 58.7 Å². The molecule has 0 bridgehead atoms. The second kappa shape index (κ2) is 7.59. The molecule has 32 heavy (non-hydrogen) atoms. The van der Waals surface area contributed by atoms with Crippen LogP contribution < -0.4 is 8.79 Å². The van der Waals surface area contributed by atoms with Crippen LogP contribution in [0.4, 0.5) is 52.7 Å². The molecule has 1 heterocycles. The van der Waals surface area contributed by atoms with Gasteiger partial charge in [-0.3, -0.25) is 0 Å². The van der Waals surface area contributed by atoms with Crippen LogP contribution in [0.5, 0.6) is 0 Å². The fourth-order valence-corrected chi connectivity index (χ4v) is 12.7. The van der Waals surface area contributed by atoms with Crippen molar-refractivity contribution in [1.82, 2.24) is 0 Å². The molecule has 1 aliphatic heterocycles. The first-order chi connectivity index (χ1) is 14.3. The molecule has 0 unspecified atom stereocenters. The predicted molar refractivity (Wildman–Crippen MR) is 92.1 cm³/mol. The van der Waals surface area contributed by atoms with Crippen LogP contribution in [0.3, 0.4) is 0 Å². The van der Waals surface area contributed by atoms with Gasteiger partial charge in [0.05, 0.1) is 0 Å². The van der Waals surface area contributed by atoms with Gasteiger partial charge < -0.3 is 0 Å². The SMILES string of the molecule is FC(F)(F)c1cc(C(F)(F)F)c[c]([Ge]2([c]3cc(C(F)(F)F)cc(C(F)(F)F)c3)[CH2]C[CH2]2)c1. The predicted octanol–water partition coefficient (Wildman–Crippen LogP) is 6.73. The summed E-state index contributed by atoms with van der Waals surface area (Å²) in [4.78, 5) is 0. The molecule has 0 radical (unpaired) electrons. The van der Waals surface area contributed by atoms with Crippen molar-refractivity contribution in [2.45, 2.75) is 41.6 Å². The monoisotopic (exact) mass is 542 g/mol. The fourth-order valence-electron chi connectivity index (χ4n) is 3.74. The number of rotatable bonds is 2. The van der Waals surface area contributed by atoms with E-state index in [0.29, 0.717) is 24.3 Å². The third-order valence-corrected chi connectivity index (χ3v) is 16.4. The van der Waals surface area contributed by atoms with E-state index in [1.54, 1.807) is 0 Å². The van der Waals surface area contributed by atoms with Crippen LogP contribution in [-0.2, 0) is 24.7 Å². The Labute approximate surface area is 175 Å². The maximum absolute atomic E-state index is 13.2. The standard InChI is InChI=1S/C19H12F12Ge/c20-16(21,22)10-4-11(17(23,24)25)7-14(6-10)32(2-1-3-32)15-8-12(18(26,27)28)5-13(9-15)19(29,30)31/h4-9H,1-3H2. The van der Waals surface area contributed by atoms with Crippen LogP contribution in [0.2, 0.25) is 10.5 Å². The van der Waals surface area contributed by atoms with Crippen molar-refractivity contribution in [2.75, 3.05) is 0 Å². The van der Waals surface area contributed by atoms with E-state index in [2.05, 4.69) is 0 Å². The molecule has 0 atom stereocenters. The molecule has 1 fully saturated rings. The van der Waals surface area contributed by atoms with Crippen LogP contribution in [0, 0.1) is 0 Å². The van der Waals surface area contributed by atoms with Crippen molar-refractivity contribution in [2.24, 2.45) is 0 Å². The van der Waals surface area contributed by atoms with Crippen molar-refractivity contribution in [3.8, 4) is 0 Å². The minimum atomic E-state index is -5.19. The van der Waals surface area contributed by atoms with Crippen LogP contribution >= 0.6 is 0 Å². The molecular formula is C19H12F12Ge. The zero-order valence-corrected chi connectivity index (χ0v) is 17.7. The Morgan fingerprint density at radius 1 is 0.438 bits per heavy atom. The zero-order chi connectivity index (χ0) is 24.3. The van der Waals surface area contributed by atoms with Crippen molar-refractivity contribution in [1.29, 1.82) is 0 Å². The first-order valence-corrected chi connectivity index (χ1v) is 14.0. The first-order valence-electron chi connectivity index (χ1n) is 8.94. The van der Waals surface area contributed by atoms with Gasteiger partial charge in [0.1, 0.15) is 0 Å². The average Bonchev–Trinajstić information content (AvgIpc) is 2.57. The van der Waals surface area contributed by atoms with E-state index in [1.165, 1.54) is 0 Å². The molecule has 0 N–H and O–H groups in total. The van der Waals surface area contributed by atoms with Crippen molar-refractivity contribution >= 4 is 22.1 Å². The molecule has 0 spiro atoms. The summed E-state index contributed by atoms with van der Waals surface area (Å²) in [7, 11) is 0. The second-order valence-corrected chi connectivity index (χ2v) is 16.6. The molecular weight excluding hydrogens is 529 g/mol. The first kappa shape index (κ1) is 24.8. The van der Waals surface area contributed by atoms with E-state index in [-0.39, 0.29) is 29.1 Å². The van der Waals surface area contributed by atoms with E-state index in [9.17, 15) is 52.7 Å². The minimum absolute atomic E-state index is 0.0305. The summed E-state index contributed by atoms with van der Waals surface area (Å²) in [6, 6.07) is 1.49. The van der Waals surface area contributed by atoms with Crippen molar-refractivity contribution < 1.29 is 52.7 Å². The average molecular weight is 541 g/mol. The van der Waals surface area contributed by atoms with Crippen LogP contribution in [0.25, 0.3) is 0 Å². The molecule has 3 rings (SSSR count). The quantitative estimate of drug-likeness (QED) is 0.293. The van der Waals surface area contributed by atoms with Crippen molar-refractivity contribution in [3.63, 3.8) is 0 Å². The van der Waals surface area contributed by atoms with Gasteiger partial charge in [-0.05, 0) is 0 Å². The van der Waals surface area contributed by atoms with E-state index < -0.39 is 69.0 Å².